The molecule has 0 amide bonds. The number of piperidine rings is 1. The molecule has 1 aliphatic heterocycles. The van der Waals surface area contributed by atoms with Gasteiger partial charge in [0.05, 0.1) is 11.1 Å². The highest BCUT2D eigenvalue weighted by atomic mass is 35.5. The fourth-order valence-corrected chi connectivity index (χ4v) is 2.22. The molecule has 0 saturated carbocycles. The zero-order valence-electron chi connectivity index (χ0n) is 9.69. The number of rotatable bonds is 2. The van der Waals surface area contributed by atoms with Gasteiger partial charge >= 0.3 is 0 Å². The summed E-state index contributed by atoms with van der Waals surface area (Å²) in [5, 5.41) is 0.678. The summed E-state index contributed by atoms with van der Waals surface area (Å²) in [6, 6.07) is 3.84. The quantitative estimate of drug-likeness (QED) is 0.795. The number of methoxy groups -OCH3 is 1. The van der Waals surface area contributed by atoms with Crippen LogP contribution in [0.2, 0.25) is 5.02 Å². The third-order valence-corrected chi connectivity index (χ3v) is 3.45. The Kier molecular flexibility index (Phi) is 3.66. The molecule has 88 valence electrons. The predicted molar refractivity (Wildman–Crippen MR) is 66.0 cm³/mol. The van der Waals surface area contributed by atoms with Crippen LogP contribution < -0.4 is 4.90 Å². The maximum Gasteiger partial charge on any atom is 0.128 e. The molecule has 0 bridgehead atoms. The van der Waals surface area contributed by atoms with Crippen molar-refractivity contribution < 1.29 is 4.74 Å². The second-order valence-electron chi connectivity index (χ2n) is 4.32. The average molecular weight is 241 g/mol. The average Bonchev–Trinajstić information content (AvgIpc) is 2.31. The molecule has 2 heterocycles. The van der Waals surface area contributed by atoms with Gasteiger partial charge in [-0.1, -0.05) is 18.5 Å². The van der Waals surface area contributed by atoms with E-state index in [9.17, 15) is 0 Å². The van der Waals surface area contributed by atoms with Crippen molar-refractivity contribution in [1.82, 2.24) is 4.98 Å². The summed E-state index contributed by atoms with van der Waals surface area (Å²) in [6.07, 6.45) is 3.13. The van der Waals surface area contributed by atoms with Gasteiger partial charge < -0.3 is 9.64 Å². The van der Waals surface area contributed by atoms with Crippen molar-refractivity contribution in [3.05, 3.63) is 23.4 Å². The molecule has 1 fully saturated rings. The molecule has 0 N–H and O–H groups in total. The van der Waals surface area contributed by atoms with Gasteiger partial charge in [-0.15, -0.1) is 0 Å². The second kappa shape index (κ2) is 5.02. The highest BCUT2D eigenvalue weighted by molar-refractivity contribution is 6.30. The van der Waals surface area contributed by atoms with E-state index < -0.39 is 0 Å². The smallest absolute Gasteiger partial charge is 0.128 e. The maximum absolute atomic E-state index is 5.82. The lowest BCUT2D eigenvalue weighted by atomic mass is 9.96. The molecule has 1 aromatic rings. The number of nitrogens with zero attached hydrogens (tertiary/aromatic N) is 2. The molecule has 0 aliphatic carbocycles. The molecule has 2 rings (SSSR count). The Balaban J connectivity index is 2.08. The Labute approximate surface area is 101 Å². The molecule has 0 radical (unpaired) electrons. The number of ether oxygens (including phenoxy) is 1. The number of anilines is 1. The Morgan fingerprint density at radius 2 is 2.31 bits per heavy atom. The molecule has 3 nitrogen and oxygen atoms in total. The van der Waals surface area contributed by atoms with Crippen LogP contribution in [0.5, 0.6) is 0 Å². The lowest BCUT2D eigenvalue weighted by Gasteiger charge is -2.36. The minimum absolute atomic E-state index is 0.297. The second-order valence-corrected chi connectivity index (χ2v) is 4.76. The van der Waals surface area contributed by atoms with Crippen LogP contribution in [-0.4, -0.2) is 31.3 Å². The first kappa shape index (κ1) is 11.7. The van der Waals surface area contributed by atoms with Crippen molar-refractivity contribution in [3.8, 4) is 0 Å². The number of pyridine rings is 1. The molecule has 0 aromatic carbocycles. The molecule has 1 saturated heterocycles. The molecular formula is C12H17ClN2O. The van der Waals surface area contributed by atoms with Crippen LogP contribution in [0.4, 0.5) is 5.82 Å². The Hall–Kier alpha value is -0.800. The molecule has 1 aliphatic rings. The monoisotopic (exact) mass is 240 g/mol. The molecule has 4 heteroatoms. The summed E-state index contributed by atoms with van der Waals surface area (Å²) in [6.45, 7) is 4.18. The summed E-state index contributed by atoms with van der Waals surface area (Å²) < 4.78 is 5.48. The van der Waals surface area contributed by atoms with Gasteiger partial charge in [0.1, 0.15) is 5.82 Å². The summed E-state index contributed by atoms with van der Waals surface area (Å²) in [4.78, 5) is 6.59. The summed E-state index contributed by atoms with van der Waals surface area (Å²) in [5.74, 6) is 1.60. The molecule has 2 atom stereocenters. The van der Waals surface area contributed by atoms with Crippen LogP contribution in [0, 0.1) is 5.92 Å². The summed E-state index contributed by atoms with van der Waals surface area (Å²) in [5.41, 5.74) is 0. The van der Waals surface area contributed by atoms with E-state index in [0.29, 0.717) is 17.0 Å². The highest BCUT2D eigenvalue weighted by Gasteiger charge is 2.26. The van der Waals surface area contributed by atoms with Gasteiger partial charge in [-0.05, 0) is 24.5 Å². The largest absolute Gasteiger partial charge is 0.379 e. The van der Waals surface area contributed by atoms with Crippen molar-refractivity contribution in [3.63, 3.8) is 0 Å². The van der Waals surface area contributed by atoms with E-state index in [1.807, 2.05) is 12.1 Å². The Bertz CT molecular complexity index is 341. The third-order valence-electron chi connectivity index (χ3n) is 3.23. The van der Waals surface area contributed by atoms with Crippen molar-refractivity contribution >= 4 is 17.4 Å². The SMILES string of the molecule is COC1CN(c2ccc(Cl)cn2)CCC1C. The van der Waals surface area contributed by atoms with Gasteiger partial charge in [0.2, 0.25) is 0 Å². The number of aromatic nitrogens is 1. The standard InChI is InChI=1S/C12H17ClN2O/c1-9-5-6-15(8-11(9)16-2)12-4-3-10(13)7-14-12/h3-4,7,9,11H,5-6,8H2,1-2H3. The predicted octanol–water partition coefficient (Wildman–Crippen LogP) is 2.60. The van der Waals surface area contributed by atoms with E-state index in [4.69, 9.17) is 16.3 Å². The molecule has 1 aromatic heterocycles. The van der Waals surface area contributed by atoms with Gasteiger partial charge in [-0.3, -0.25) is 0 Å². The van der Waals surface area contributed by atoms with Gasteiger partial charge in [0.15, 0.2) is 0 Å². The van der Waals surface area contributed by atoms with Crippen LogP contribution in [0.1, 0.15) is 13.3 Å². The summed E-state index contributed by atoms with van der Waals surface area (Å²) >= 11 is 5.82. The Morgan fingerprint density at radius 3 is 2.94 bits per heavy atom. The van der Waals surface area contributed by atoms with Gasteiger partial charge in [0.25, 0.3) is 0 Å². The topological polar surface area (TPSA) is 25.4 Å². The van der Waals surface area contributed by atoms with Crippen molar-refractivity contribution in [2.45, 2.75) is 19.4 Å². The van der Waals surface area contributed by atoms with Gasteiger partial charge in [-0.25, -0.2) is 4.98 Å². The fraction of sp³-hybridized carbons (Fsp3) is 0.583. The Morgan fingerprint density at radius 1 is 1.50 bits per heavy atom. The van der Waals surface area contributed by atoms with Crippen molar-refractivity contribution in [2.24, 2.45) is 5.92 Å². The maximum atomic E-state index is 5.82. The van der Waals surface area contributed by atoms with Crippen molar-refractivity contribution in [2.75, 3.05) is 25.1 Å². The lowest BCUT2D eigenvalue weighted by Crippen LogP contribution is -2.44. The van der Waals surface area contributed by atoms with E-state index >= 15 is 0 Å². The van der Waals surface area contributed by atoms with Gasteiger partial charge in [0, 0.05) is 26.4 Å². The number of hydrogen-bond acceptors (Lipinski definition) is 3. The van der Waals surface area contributed by atoms with E-state index in [-0.39, 0.29) is 0 Å². The first-order chi connectivity index (χ1) is 7.70. The molecular weight excluding hydrogens is 224 g/mol. The van der Waals surface area contributed by atoms with Crippen LogP contribution in [0.15, 0.2) is 18.3 Å². The van der Waals surface area contributed by atoms with E-state index in [0.717, 1.165) is 25.3 Å². The third kappa shape index (κ3) is 2.47. The zero-order valence-corrected chi connectivity index (χ0v) is 10.4. The zero-order chi connectivity index (χ0) is 11.5. The van der Waals surface area contributed by atoms with Crippen molar-refractivity contribution in [1.29, 1.82) is 0 Å². The molecule has 16 heavy (non-hydrogen) atoms. The highest BCUT2D eigenvalue weighted by Crippen LogP contribution is 2.23. The van der Waals surface area contributed by atoms with Crippen LogP contribution in [-0.2, 0) is 4.74 Å². The lowest BCUT2D eigenvalue weighted by molar-refractivity contribution is 0.0496. The van der Waals surface area contributed by atoms with E-state index in [1.165, 1.54) is 0 Å². The normalized spacial score (nSPS) is 25.8. The number of hydrogen-bond donors (Lipinski definition) is 0. The minimum atomic E-state index is 0.297. The van der Waals surface area contributed by atoms with Gasteiger partial charge in [-0.2, -0.15) is 0 Å². The molecule has 2 unspecified atom stereocenters. The minimum Gasteiger partial charge on any atom is -0.379 e. The fourth-order valence-electron chi connectivity index (χ4n) is 2.10. The van der Waals surface area contributed by atoms with Crippen LogP contribution in [0.25, 0.3) is 0 Å². The molecule has 0 spiro atoms. The number of halogens is 1. The first-order valence-corrected chi connectivity index (χ1v) is 5.98. The van der Waals surface area contributed by atoms with E-state index in [1.54, 1.807) is 13.3 Å². The van der Waals surface area contributed by atoms with E-state index in [2.05, 4.69) is 16.8 Å². The first-order valence-electron chi connectivity index (χ1n) is 5.60. The summed E-state index contributed by atoms with van der Waals surface area (Å²) in [7, 11) is 1.78. The van der Waals surface area contributed by atoms with Crippen LogP contribution >= 0.6 is 11.6 Å². The van der Waals surface area contributed by atoms with Crippen LogP contribution in [0.3, 0.4) is 0 Å².